The Morgan fingerprint density at radius 1 is 1.18 bits per heavy atom. The van der Waals surface area contributed by atoms with E-state index in [4.69, 9.17) is 18.9 Å². The second-order valence-electron chi connectivity index (χ2n) is 8.10. The van der Waals surface area contributed by atoms with Crippen LogP contribution >= 0.6 is 0 Å². The molecule has 0 saturated heterocycles. The molecule has 0 spiro atoms. The van der Waals surface area contributed by atoms with Crippen LogP contribution in [0.3, 0.4) is 0 Å². The standard InChI is InChI=1S/C24H29NO8/c1-12-10-15-21(22(27)18(12)23(28)32-5)20(14-6-7-16(26)17(11-14)31-4)19(13(2)25-15)24(29)33-9-8-30-3/h6-7,11-12,18,20,25-26H,8-10H2,1-5H3/t12-,18+,20+/m0/s1. The molecule has 0 aromatic heterocycles. The van der Waals surface area contributed by atoms with E-state index in [2.05, 4.69) is 5.32 Å². The van der Waals surface area contributed by atoms with E-state index in [0.29, 0.717) is 29.0 Å². The lowest BCUT2D eigenvalue weighted by atomic mass is 9.69. The Morgan fingerprint density at radius 3 is 2.55 bits per heavy atom. The predicted molar refractivity (Wildman–Crippen MR) is 117 cm³/mol. The van der Waals surface area contributed by atoms with Gasteiger partial charge in [0.2, 0.25) is 0 Å². The summed E-state index contributed by atoms with van der Waals surface area (Å²) in [5.41, 5.74) is 2.29. The summed E-state index contributed by atoms with van der Waals surface area (Å²) in [7, 11) is 4.15. The molecule has 2 aliphatic rings. The minimum Gasteiger partial charge on any atom is -0.504 e. The highest BCUT2D eigenvalue weighted by Gasteiger charge is 2.47. The SMILES string of the molecule is COCCOC(=O)C1=C(C)NC2=C(C(=O)[C@H](C(=O)OC)[C@@H](C)C2)[C@@H]1c1ccc(O)c(OC)c1. The molecule has 1 aromatic carbocycles. The number of dihydropyridines is 1. The van der Waals surface area contributed by atoms with Crippen molar-refractivity contribution < 1.29 is 38.4 Å². The van der Waals surface area contributed by atoms with Crippen LogP contribution in [-0.2, 0) is 28.6 Å². The van der Waals surface area contributed by atoms with E-state index < -0.39 is 29.6 Å². The number of esters is 2. The fraction of sp³-hybridized carbons (Fsp3) is 0.458. The number of carbonyl (C=O) groups is 3. The third kappa shape index (κ3) is 4.59. The van der Waals surface area contributed by atoms with Gasteiger partial charge in [-0.05, 0) is 37.0 Å². The number of hydrogen-bond donors (Lipinski definition) is 2. The second kappa shape index (κ2) is 10.1. The molecule has 0 fully saturated rings. The molecule has 1 aliphatic carbocycles. The first kappa shape index (κ1) is 24.3. The average Bonchev–Trinajstić information content (AvgIpc) is 2.78. The van der Waals surface area contributed by atoms with Gasteiger partial charge in [0.25, 0.3) is 0 Å². The zero-order valence-corrected chi connectivity index (χ0v) is 19.4. The Hall–Kier alpha value is -3.33. The maximum absolute atomic E-state index is 13.6. The number of rotatable bonds is 7. The monoisotopic (exact) mass is 459 g/mol. The number of phenolic OH excluding ortho intramolecular Hbond substituents is 1. The number of Topliss-reactive ketones (excluding diaryl/α,β-unsaturated/α-hetero) is 1. The molecule has 1 aromatic rings. The molecule has 3 rings (SSSR count). The molecule has 9 nitrogen and oxygen atoms in total. The zero-order valence-electron chi connectivity index (χ0n) is 19.4. The number of nitrogens with one attached hydrogen (secondary N) is 1. The van der Waals surface area contributed by atoms with Gasteiger partial charge in [-0.25, -0.2) is 4.79 Å². The van der Waals surface area contributed by atoms with Crippen LogP contribution in [0.25, 0.3) is 0 Å². The number of phenols is 1. The smallest absolute Gasteiger partial charge is 0.336 e. The summed E-state index contributed by atoms with van der Waals surface area (Å²) in [5.74, 6) is -3.61. The van der Waals surface area contributed by atoms with E-state index in [1.807, 2.05) is 6.92 Å². The maximum atomic E-state index is 13.6. The van der Waals surface area contributed by atoms with E-state index in [1.54, 1.807) is 19.1 Å². The molecule has 178 valence electrons. The maximum Gasteiger partial charge on any atom is 0.336 e. The first-order valence-electron chi connectivity index (χ1n) is 10.6. The lowest BCUT2D eigenvalue weighted by Crippen LogP contribution is -2.43. The minimum absolute atomic E-state index is 0.0411. The molecular weight excluding hydrogens is 430 g/mol. The van der Waals surface area contributed by atoms with Gasteiger partial charge in [-0.3, -0.25) is 9.59 Å². The number of hydrogen-bond acceptors (Lipinski definition) is 9. The van der Waals surface area contributed by atoms with E-state index >= 15 is 0 Å². The molecule has 0 amide bonds. The van der Waals surface area contributed by atoms with Crippen LogP contribution in [-0.4, -0.2) is 57.4 Å². The van der Waals surface area contributed by atoms with Gasteiger partial charge in [-0.2, -0.15) is 0 Å². The van der Waals surface area contributed by atoms with Gasteiger partial charge in [0.15, 0.2) is 17.3 Å². The molecule has 0 unspecified atom stereocenters. The quantitative estimate of drug-likeness (QED) is 0.359. The summed E-state index contributed by atoms with van der Waals surface area (Å²) in [5, 5.41) is 13.3. The Bertz CT molecular complexity index is 1030. The Labute approximate surface area is 192 Å². The molecule has 1 heterocycles. The van der Waals surface area contributed by atoms with Gasteiger partial charge < -0.3 is 29.4 Å². The average molecular weight is 459 g/mol. The fourth-order valence-electron chi connectivity index (χ4n) is 4.45. The molecule has 1 aliphatic heterocycles. The van der Waals surface area contributed by atoms with E-state index in [1.165, 1.54) is 27.4 Å². The number of methoxy groups -OCH3 is 3. The third-order valence-electron chi connectivity index (χ3n) is 6.02. The van der Waals surface area contributed by atoms with Crippen molar-refractivity contribution in [3.05, 3.63) is 46.3 Å². The molecule has 3 atom stereocenters. The highest BCUT2D eigenvalue weighted by Crippen LogP contribution is 2.46. The van der Waals surface area contributed by atoms with Crippen LogP contribution in [0.4, 0.5) is 0 Å². The van der Waals surface area contributed by atoms with Gasteiger partial charge in [0.05, 0.1) is 26.4 Å². The van der Waals surface area contributed by atoms with E-state index in [9.17, 15) is 19.5 Å². The summed E-state index contributed by atoms with van der Waals surface area (Å²) in [4.78, 5) is 39.2. The highest BCUT2D eigenvalue weighted by molar-refractivity contribution is 6.12. The van der Waals surface area contributed by atoms with Crippen LogP contribution in [0.1, 0.15) is 31.7 Å². The molecular formula is C24H29NO8. The second-order valence-corrected chi connectivity index (χ2v) is 8.10. The van der Waals surface area contributed by atoms with Crippen molar-refractivity contribution in [1.82, 2.24) is 5.32 Å². The number of carbonyl (C=O) groups excluding carboxylic acids is 3. The minimum atomic E-state index is -0.985. The van der Waals surface area contributed by atoms with Gasteiger partial charge in [0, 0.05) is 30.0 Å². The lowest BCUT2D eigenvalue weighted by Gasteiger charge is -2.38. The van der Waals surface area contributed by atoms with Crippen molar-refractivity contribution >= 4 is 17.7 Å². The van der Waals surface area contributed by atoms with Crippen molar-refractivity contribution in [3.8, 4) is 11.5 Å². The van der Waals surface area contributed by atoms with E-state index in [-0.39, 0.29) is 36.2 Å². The van der Waals surface area contributed by atoms with Crippen LogP contribution in [0.15, 0.2) is 40.7 Å². The number of allylic oxidation sites excluding steroid dienone is 3. The summed E-state index contributed by atoms with van der Waals surface area (Å²) in [6.45, 7) is 3.82. The summed E-state index contributed by atoms with van der Waals surface area (Å²) < 4.78 is 20.5. The van der Waals surface area contributed by atoms with Gasteiger partial charge in [-0.1, -0.05) is 13.0 Å². The van der Waals surface area contributed by atoms with Crippen molar-refractivity contribution in [2.24, 2.45) is 11.8 Å². The third-order valence-corrected chi connectivity index (χ3v) is 6.02. The normalized spacial score (nSPS) is 22.5. The molecule has 0 bridgehead atoms. The predicted octanol–water partition coefficient (Wildman–Crippen LogP) is 2.20. The number of benzene rings is 1. The van der Waals surface area contributed by atoms with Gasteiger partial charge in [0.1, 0.15) is 12.5 Å². The topological polar surface area (TPSA) is 120 Å². The molecule has 0 saturated carbocycles. The first-order valence-corrected chi connectivity index (χ1v) is 10.6. The van der Waals surface area contributed by atoms with Gasteiger partial charge in [-0.15, -0.1) is 0 Å². The lowest BCUT2D eigenvalue weighted by molar-refractivity contribution is -0.151. The summed E-state index contributed by atoms with van der Waals surface area (Å²) in [6.07, 6.45) is 0.426. The van der Waals surface area contributed by atoms with Gasteiger partial charge >= 0.3 is 11.9 Å². The summed E-state index contributed by atoms with van der Waals surface area (Å²) >= 11 is 0. The molecule has 9 heteroatoms. The summed E-state index contributed by atoms with van der Waals surface area (Å²) in [6, 6.07) is 4.63. The van der Waals surface area contributed by atoms with Crippen molar-refractivity contribution in [2.45, 2.75) is 26.2 Å². The fourth-order valence-corrected chi connectivity index (χ4v) is 4.45. The number of aromatic hydroxyl groups is 1. The zero-order chi connectivity index (χ0) is 24.3. The van der Waals surface area contributed by atoms with Crippen LogP contribution in [0.2, 0.25) is 0 Å². The van der Waals surface area contributed by atoms with Crippen molar-refractivity contribution in [3.63, 3.8) is 0 Å². The van der Waals surface area contributed by atoms with Crippen molar-refractivity contribution in [2.75, 3.05) is 34.5 Å². The molecule has 2 N–H and O–H groups in total. The van der Waals surface area contributed by atoms with Crippen LogP contribution in [0, 0.1) is 11.8 Å². The van der Waals surface area contributed by atoms with E-state index in [0.717, 1.165) is 0 Å². The largest absolute Gasteiger partial charge is 0.504 e. The van der Waals surface area contributed by atoms with Crippen molar-refractivity contribution in [1.29, 1.82) is 0 Å². The van der Waals surface area contributed by atoms with Crippen LogP contribution in [0.5, 0.6) is 11.5 Å². The highest BCUT2D eigenvalue weighted by atomic mass is 16.6. The Balaban J connectivity index is 2.16. The number of ketones is 1. The van der Waals surface area contributed by atoms with Crippen LogP contribution < -0.4 is 10.1 Å². The first-order chi connectivity index (χ1) is 15.7. The number of ether oxygens (including phenoxy) is 4. The Morgan fingerprint density at radius 2 is 1.91 bits per heavy atom. The Kier molecular flexibility index (Phi) is 7.43. The molecule has 0 radical (unpaired) electrons. The molecule has 33 heavy (non-hydrogen) atoms.